The molecule has 1 heterocycles. The molecule has 0 radical (unpaired) electrons. The lowest BCUT2D eigenvalue weighted by molar-refractivity contribution is -0.137. The number of nitriles is 1. The normalized spacial score (nSPS) is 15.5. The fraction of sp³-hybridized carbons (Fsp3) is 0.348. The van der Waals surface area contributed by atoms with Gasteiger partial charge >= 0.3 is 6.18 Å². The highest BCUT2D eigenvalue weighted by Crippen LogP contribution is 2.39. The van der Waals surface area contributed by atoms with E-state index in [9.17, 15) is 23.1 Å². The number of nitrogens with zero attached hydrogens (tertiary/aromatic N) is 3. The largest absolute Gasteiger partial charge is 0.486 e. The molecular weight excluding hydrogens is 487 g/mol. The Balaban J connectivity index is 1.92. The van der Waals surface area contributed by atoms with E-state index in [-0.39, 0.29) is 18.4 Å². The Morgan fingerprint density at radius 3 is 2.56 bits per heavy atom. The Bertz CT molecular complexity index is 1150. The zero-order valence-corrected chi connectivity index (χ0v) is 20.2. The molecule has 0 saturated carbocycles. The SMILES string of the molecule is CN(c1ccc2c(c1)SCC(CO)O2)C(C)(C)C(=O)N(C=S)c1ccc(C#N)c(C(F)(F)F)c1. The first-order chi connectivity index (χ1) is 15.9. The van der Waals surface area contributed by atoms with Crippen molar-refractivity contribution in [3.05, 3.63) is 47.5 Å². The fourth-order valence-electron chi connectivity index (χ4n) is 3.40. The Labute approximate surface area is 204 Å². The van der Waals surface area contributed by atoms with Crippen molar-refractivity contribution in [3.8, 4) is 11.8 Å². The maximum atomic E-state index is 13.5. The Kier molecular flexibility index (Phi) is 7.45. The van der Waals surface area contributed by atoms with Crippen LogP contribution in [0.15, 0.2) is 41.3 Å². The predicted octanol–water partition coefficient (Wildman–Crippen LogP) is 4.63. The average Bonchev–Trinajstić information content (AvgIpc) is 2.82. The van der Waals surface area contributed by atoms with Crippen LogP contribution < -0.4 is 14.5 Å². The third kappa shape index (κ3) is 4.99. The molecule has 1 unspecified atom stereocenters. The number of alkyl halides is 3. The summed E-state index contributed by atoms with van der Waals surface area (Å²) in [5.41, 5.74) is -1.29. The number of benzene rings is 2. The number of hydrogen-bond acceptors (Lipinski definition) is 7. The number of rotatable bonds is 6. The summed E-state index contributed by atoms with van der Waals surface area (Å²) in [5, 5.41) is 18.3. The van der Waals surface area contributed by atoms with Crippen LogP contribution >= 0.6 is 24.0 Å². The van der Waals surface area contributed by atoms with Crippen molar-refractivity contribution in [1.82, 2.24) is 0 Å². The molecule has 1 amide bonds. The summed E-state index contributed by atoms with van der Waals surface area (Å²) in [6.45, 7) is 3.19. The number of aliphatic hydroxyl groups is 1. The van der Waals surface area contributed by atoms with Gasteiger partial charge < -0.3 is 14.7 Å². The maximum absolute atomic E-state index is 13.5. The smallest absolute Gasteiger partial charge is 0.417 e. The number of ether oxygens (including phenoxy) is 1. The van der Waals surface area contributed by atoms with Crippen LogP contribution in [0.1, 0.15) is 25.0 Å². The monoisotopic (exact) mass is 509 g/mol. The molecular formula is C23H22F3N3O3S2. The van der Waals surface area contributed by atoms with E-state index in [1.54, 1.807) is 37.9 Å². The molecule has 3 rings (SSSR count). The van der Waals surface area contributed by atoms with Gasteiger partial charge in [-0.1, -0.05) is 12.2 Å². The number of thiocarbonyl (C=S) groups is 1. The van der Waals surface area contributed by atoms with Crippen molar-refractivity contribution in [2.45, 2.75) is 36.6 Å². The van der Waals surface area contributed by atoms with Gasteiger partial charge in [0, 0.05) is 24.2 Å². The van der Waals surface area contributed by atoms with E-state index in [0.717, 1.165) is 27.4 Å². The molecule has 6 nitrogen and oxygen atoms in total. The molecule has 0 fully saturated rings. The summed E-state index contributed by atoms with van der Waals surface area (Å²) in [7, 11) is 1.70. The highest BCUT2D eigenvalue weighted by molar-refractivity contribution is 7.99. The Morgan fingerprint density at radius 1 is 1.29 bits per heavy atom. The highest BCUT2D eigenvalue weighted by Gasteiger charge is 2.39. The molecule has 2 aromatic carbocycles. The number of fused-ring (bicyclic) bond motifs is 1. The molecule has 1 aliphatic rings. The first-order valence-electron chi connectivity index (χ1n) is 10.1. The van der Waals surface area contributed by atoms with E-state index >= 15 is 0 Å². The molecule has 0 spiro atoms. The molecule has 1 N–H and O–H groups in total. The topological polar surface area (TPSA) is 76.8 Å². The summed E-state index contributed by atoms with van der Waals surface area (Å²) < 4.78 is 46.0. The molecule has 1 aliphatic heterocycles. The minimum atomic E-state index is -4.76. The van der Waals surface area contributed by atoms with Crippen LogP contribution in [-0.2, 0) is 11.0 Å². The summed E-state index contributed by atoms with van der Waals surface area (Å²) in [6.07, 6.45) is -5.05. The minimum absolute atomic E-state index is 0.0859. The second-order valence-corrected chi connectivity index (χ2v) is 9.38. The van der Waals surface area contributed by atoms with E-state index in [4.69, 9.17) is 22.2 Å². The van der Waals surface area contributed by atoms with E-state index < -0.39 is 28.7 Å². The number of hydrogen-bond donors (Lipinski definition) is 1. The zero-order valence-electron chi connectivity index (χ0n) is 18.6. The quantitative estimate of drug-likeness (QED) is 0.569. The number of carbonyl (C=O) groups is 1. The van der Waals surface area contributed by atoms with Crippen molar-refractivity contribution in [1.29, 1.82) is 5.26 Å². The molecule has 0 saturated heterocycles. The molecule has 0 aromatic heterocycles. The lowest BCUT2D eigenvalue weighted by Gasteiger charge is -2.39. The third-order valence-electron chi connectivity index (χ3n) is 5.63. The van der Waals surface area contributed by atoms with Gasteiger partial charge in [-0.05, 0) is 50.2 Å². The highest BCUT2D eigenvalue weighted by atomic mass is 32.2. The number of halogens is 3. The standard InChI is InChI=1S/C23H22F3N3O3S2/c1-22(2,28(3)15-6-7-19-20(9-15)34-12-17(11-30)32-19)21(31)29(13-33)16-5-4-14(10-27)18(8-16)23(24,25)26/h4-9,13,17,30H,11-12H2,1-3H3. The van der Waals surface area contributed by atoms with Crippen LogP contribution in [0.2, 0.25) is 0 Å². The van der Waals surface area contributed by atoms with Crippen molar-refractivity contribution in [3.63, 3.8) is 0 Å². The van der Waals surface area contributed by atoms with E-state index in [1.807, 2.05) is 6.07 Å². The lowest BCUT2D eigenvalue weighted by atomic mass is 9.99. The summed E-state index contributed by atoms with van der Waals surface area (Å²) in [5.74, 6) is 0.664. The molecule has 34 heavy (non-hydrogen) atoms. The summed E-state index contributed by atoms with van der Waals surface area (Å²) >= 11 is 6.50. The van der Waals surface area contributed by atoms with Crippen LogP contribution in [0.3, 0.4) is 0 Å². The average molecular weight is 510 g/mol. The van der Waals surface area contributed by atoms with Crippen LogP contribution in [0.25, 0.3) is 0 Å². The molecule has 0 aliphatic carbocycles. The Hall–Kier alpha value is -2.81. The third-order valence-corrected chi connectivity index (χ3v) is 7.01. The van der Waals surface area contributed by atoms with E-state index in [1.165, 1.54) is 23.9 Å². The van der Waals surface area contributed by atoms with Gasteiger partial charge in [-0.15, -0.1) is 11.8 Å². The van der Waals surface area contributed by atoms with Crippen LogP contribution in [0, 0.1) is 11.3 Å². The molecule has 11 heteroatoms. The summed E-state index contributed by atoms with van der Waals surface area (Å²) in [4.78, 5) is 17.0. The van der Waals surface area contributed by atoms with E-state index in [0.29, 0.717) is 17.2 Å². The molecule has 0 bridgehead atoms. The van der Waals surface area contributed by atoms with Crippen molar-refractivity contribution < 1.29 is 27.8 Å². The number of carbonyl (C=O) groups excluding carboxylic acids is 1. The van der Waals surface area contributed by atoms with Crippen molar-refractivity contribution in [2.75, 3.05) is 29.2 Å². The Morgan fingerprint density at radius 2 is 1.97 bits per heavy atom. The van der Waals surface area contributed by atoms with Gasteiger partial charge in [0.1, 0.15) is 17.4 Å². The van der Waals surface area contributed by atoms with Gasteiger partial charge in [-0.2, -0.15) is 18.4 Å². The first kappa shape index (κ1) is 25.8. The maximum Gasteiger partial charge on any atom is 0.417 e. The second kappa shape index (κ2) is 9.82. The van der Waals surface area contributed by atoms with Crippen LogP contribution in [-0.4, -0.2) is 47.6 Å². The number of amides is 1. The second-order valence-electron chi connectivity index (χ2n) is 8.10. The van der Waals surface area contributed by atoms with Crippen molar-refractivity contribution >= 4 is 46.8 Å². The zero-order chi connectivity index (χ0) is 25.3. The molecule has 2 aromatic rings. The minimum Gasteiger partial charge on any atom is -0.486 e. The van der Waals surface area contributed by atoms with Gasteiger partial charge in [0.2, 0.25) is 0 Å². The van der Waals surface area contributed by atoms with Gasteiger partial charge in [-0.3, -0.25) is 9.69 Å². The number of likely N-dealkylation sites (N-methyl/N-ethyl adjacent to an activating group) is 1. The first-order valence-corrected chi connectivity index (χ1v) is 11.6. The van der Waals surface area contributed by atoms with Crippen LogP contribution in [0.4, 0.5) is 24.5 Å². The molecule has 180 valence electrons. The molecule has 1 atom stereocenters. The predicted molar refractivity (Wildman–Crippen MR) is 128 cm³/mol. The van der Waals surface area contributed by atoms with Gasteiger partial charge in [0.15, 0.2) is 0 Å². The van der Waals surface area contributed by atoms with Crippen LogP contribution in [0.5, 0.6) is 5.75 Å². The van der Waals surface area contributed by atoms with E-state index in [2.05, 4.69) is 0 Å². The lowest BCUT2D eigenvalue weighted by Crippen LogP contribution is -2.55. The van der Waals surface area contributed by atoms with Gasteiger partial charge in [0.25, 0.3) is 5.91 Å². The van der Waals surface area contributed by atoms with Gasteiger partial charge in [0.05, 0.1) is 34.2 Å². The number of anilines is 2. The number of aliphatic hydroxyl groups excluding tert-OH is 1. The fourth-order valence-corrected chi connectivity index (χ4v) is 4.62. The van der Waals surface area contributed by atoms with Crippen molar-refractivity contribution in [2.24, 2.45) is 0 Å². The number of thioether (sulfide) groups is 1. The van der Waals surface area contributed by atoms with Gasteiger partial charge in [-0.25, -0.2) is 0 Å². The summed E-state index contributed by atoms with van der Waals surface area (Å²) in [6, 6.07) is 9.93.